The Morgan fingerprint density at radius 1 is 1.11 bits per heavy atom. The van der Waals surface area contributed by atoms with Crippen LogP contribution in [0.5, 0.6) is 0 Å². The number of benzene rings is 1. The maximum atomic E-state index is 12.9. The van der Waals surface area contributed by atoms with E-state index in [9.17, 15) is 9.90 Å². The molecule has 1 spiro atoms. The van der Waals surface area contributed by atoms with E-state index in [1.165, 1.54) is 11.3 Å². The van der Waals surface area contributed by atoms with E-state index in [1.807, 2.05) is 12.3 Å². The van der Waals surface area contributed by atoms with Crippen molar-refractivity contribution in [3.8, 4) is 0 Å². The Morgan fingerprint density at radius 2 is 1.89 bits per heavy atom. The average molecular weight is 481 g/mol. The number of aromatic nitrogens is 1. The van der Waals surface area contributed by atoms with E-state index in [0.717, 1.165) is 69.4 Å². The van der Waals surface area contributed by atoms with Gasteiger partial charge in [-0.3, -0.25) is 9.69 Å². The summed E-state index contributed by atoms with van der Waals surface area (Å²) in [5.74, 6) is 0.799. The summed E-state index contributed by atoms with van der Waals surface area (Å²) in [5.41, 5.74) is 2.30. The van der Waals surface area contributed by atoms with Crippen LogP contribution in [0.2, 0.25) is 0 Å². The number of aryl methyl sites for hydroxylation is 1. The highest BCUT2D eigenvalue weighted by molar-refractivity contribution is 5.97. The molecule has 1 amide bonds. The molecule has 4 aliphatic rings. The van der Waals surface area contributed by atoms with Gasteiger partial charge >= 0.3 is 0 Å². The molecule has 8 heteroatoms. The lowest BCUT2D eigenvalue weighted by Crippen LogP contribution is -2.60. The third-order valence-electron chi connectivity index (χ3n) is 9.01. The molecule has 1 aromatic heterocycles. The molecule has 8 nitrogen and oxygen atoms in total. The number of hydrogen-bond acceptors (Lipinski definition) is 7. The first-order chi connectivity index (χ1) is 16.9. The van der Waals surface area contributed by atoms with Crippen molar-refractivity contribution < 1.29 is 19.4 Å². The van der Waals surface area contributed by atoms with Gasteiger partial charge in [0.2, 0.25) is 5.91 Å². The molecule has 6 rings (SSSR count). The van der Waals surface area contributed by atoms with Gasteiger partial charge in [0, 0.05) is 62.6 Å². The average Bonchev–Trinajstić information content (AvgIpc) is 3.44. The lowest BCUT2D eigenvalue weighted by atomic mass is 9.93. The topological polar surface area (TPSA) is 87.2 Å². The largest absolute Gasteiger partial charge is 0.389 e. The smallest absolute Gasteiger partial charge is 0.229 e. The number of pyridine rings is 1. The number of anilines is 2. The van der Waals surface area contributed by atoms with Crippen LogP contribution >= 0.6 is 0 Å². The number of aliphatic hydroxyl groups excluding tert-OH is 1. The molecule has 35 heavy (non-hydrogen) atoms. The molecule has 2 N–H and O–H groups in total. The molecule has 3 atom stereocenters. The van der Waals surface area contributed by atoms with Crippen molar-refractivity contribution in [3.63, 3.8) is 0 Å². The first kappa shape index (κ1) is 23.2. The summed E-state index contributed by atoms with van der Waals surface area (Å²) in [7, 11) is 0. The van der Waals surface area contributed by atoms with Crippen molar-refractivity contribution in [1.82, 2.24) is 9.88 Å². The van der Waals surface area contributed by atoms with Crippen LogP contribution in [-0.2, 0) is 14.3 Å². The first-order valence-electron chi connectivity index (χ1n) is 12.9. The minimum absolute atomic E-state index is 0.0828. The second-order valence-electron chi connectivity index (χ2n) is 11.1. The molecule has 188 valence electrons. The van der Waals surface area contributed by atoms with Crippen LogP contribution in [-0.4, -0.2) is 85.1 Å². The maximum absolute atomic E-state index is 12.9. The van der Waals surface area contributed by atoms with E-state index in [1.54, 1.807) is 0 Å². The van der Waals surface area contributed by atoms with Gasteiger partial charge in [0.25, 0.3) is 0 Å². The SMILES string of the molecule is Cc1cc2cnc(NC(=O)[C@H]3CC34CCOCC4)cc2cc1N1CCN([C@@]2(C)COC[C@H]2O)CC1. The van der Waals surface area contributed by atoms with Crippen LogP contribution in [0.3, 0.4) is 0 Å². The molecular weight excluding hydrogens is 444 g/mol. The van der Waals surface area contributed by atoms with Crippen LogP contribution in [0.4, 0.5) is 11.5 Å². The number of rotatable bonds is 4. The summed E-state index contributed by atoms with van der Waals surface area (Å²) in [5, 5.41) is 15.7. The maximum Gasteiger partial charge on any atom is 0.229 e. The molecule has 3 saturated heterocycles. The summed E-state index contributed by atoms with van der Waals surface area (Å²) in [6, 6.07) is 6.41. The van der Waals surface area contributed by atoms with Crippen molar-refractivity contribution >= 4 is 28.2 Å². The minimum Gasteiger partial charge on any atom is -0.389 e. The minimum atomic E-state index is -0.436. The van der Waals surface area contributed by atoms with Gasteiger partial charge < -0.3 is 24.8 Å². The predicted octanol–water partition coefficient (Wildman–Crippen LogP) is 2.57. The van der Waals surface area contributed by atoms with Crippen LogP contribution in [0.15, 0.2) is 24.4 Å². The number of amides is 1. The normalized spacial score (nSPS) is 30.7. The summed E-state index contributed by atoms with van der Waals surface area (Å²) in [6.45, 7) is 10.4. The highest BCUT2D eigenvalue weighted by Gasteiger charge is 2.58. The second-order valence-corrected chi connectivity index (χ2v) is 11.1. The van der Waals surface area contributed by atoms with Crippen molar-refractivity contribution in [2.24, 2.45) is 11.3 Å². The highest BCUT2D eigenvalue weighted by atomic mass is 16.5. The van der Waals surface area contributed by atoms with Gasteiger partial charge in [-0.25, -0.2) is 4.98 Å². The number of nitrogens with one attached hydrogen (secondary N) is 1. The van der Waals surface area contributed by atoms with Crippen LogP contribution in [0.1, 0.15) is 31.7 Å². The summed E-state index contributed by atoms with van der Waals surface area (Å²) >= 11 is 0. The van der Waals surface area contributed by atoms with Crippen LogP contribution < -0.4 is 10.2 Å². The molecule has 4 heterocycles. The Bertz CT molecular complexity index is 1130. The number of carbonyl (C=O) groups excluding carboxylic acids is 1. The Hall–Kier alpha value is -2.26. The number of aliphatic hydroxyl groups is 1. The van der Waals surface area contributed by atoms with Gasteiger partial charge in [-0.1, -0.05) is 0 Å². The molecular formula is C27H36N4O4. The van der Waals surface area contributed by atoms with Crippen molar-refractivity contribution in [2.75, 3.05) is 62.8 Å². The number of carbonyl (C=O) groups is 1. The van der Waals surface area contributed by atoms with Crippen LogP contribution in [0.25, 0.3) is 10.8 Å². The fraction of sp³-hybridized carbons (Fsp3) is 0.630. The third kappa shape index (κ3) is 4.10. The van der Waals surface area contributed by atoms with Crippen molar-refractivity contribution in [2.45, 2.75) is 44.8 Å². The number of piperazine rings is 1. The van der Waals surface area contributed by atoms with E-state index in [0.29, 0.717) is 19.0 Å². The monoisotopic (exact) mass is 480 g/mol. The zero-order chi connectivity index (χ0) is 24.2. The molecule has 4 fully saturated rings. The number of nitrogens with zero attached hydrogens (tertiary/aromatic N) is 3. The predicted molar refractivity (Wildman–Crippen MR) is 135 cm³/mol. The Kier molecular flexibility index (Phi) is 5.75. The third-order valence-corrected chi connectivity index (χ3v) is 9.01. The molecule has 0 unspecified atom stereocenters. The van der Waals surface area contributed by atoms with E-state index < -0.39 is 6.10 Å². The Morgan fingerprint density at radius 3 is 2.60 bits per heavy atom. The van der Waals surface area contributed by atoms with Gasteiger partial charge in [-0.05, 0) is 67.7 Å². The quantitative estimate of drug-likeness (QED) is 0.696. The van der Waals surface area contributed by atoms with Gasteiger partial charge in [-0.15, -0.1) is 0 Å². The highest BCUT2D eigenvalue weighted by Crippen LogP contribution is 2.59. The first-order valence-corrected chi connectivity index (χ1v) is 12.9. The Balaban J connectivity index is 1.15. The zero-order valence-corrected chi connectivity index (χ0v) is 20.8. The standard InChI is InChI=1S/C27H36N4O4/c1-18-11-20-15-28-24(29-25(33)21-14-27(21)3-9-34-10-4-27)13-19(20)12-22(18)30-5-7-31(8-6-30)26(2)17-35-16-23(26)32/h11-13,15,21,23,32H,3-10,14,16-17H2,1-2H3,(H,28,29,33)/t21-,23-,26+/m1/s1. The lowest BCUT2D eigenvalue weighted by Gasteiger charge is -2.45. The number of ether oxygens (including phenoxy) is 2. The van der Waals surface area contributed by atoms with E-state index in [4.69, 9.17) is 9.47 Å². The van der Waals surface area contributed by atoms with E-state index in [-0.39, 0.29) is 22.8 Å². The summed E-state index contributed by atoms with van der Waals surface area (Å²) in [6.07, 6.45) is 4.36. The van der Waals surface area contributed by atoms with Crippen LogP contribution in [0, 0.1) is 18.3 Å². The fourth-order valence-corrected chi connectivity index (χ4v) is 6.38. The van der Waals surface area contributed by atoms with E-state index in [2.05, 4.69) is 46.1 Å². The molecule has 2 aromatic rings. The lowest BCUT2D eigenvalue weighted by molar-refractivity contribution is -0.118. The summed E-state index contributed by atoms with van der Waals surface area (Å²) < 4.78 is 11.0. The molecule has 1 saturated carbocycles. The number of fused-ring (bicyclic) bond motifs is 1. The van der Waals surface area contributed by atoms with Gasteiger partial charge in [0.1, 0.15) is 5.82 Å². The Labute approximate surface area is 206 Å². The van der Waals surface area contributed by atoms with Crippen molar-refractivity contribution in [3.05, 3.63) is 30.0 Å². The summed E-state index contributed by atoms with van der Waals surface area (Å²) in [4.78, 5) is 22.2. The fourth-order valence-electron chi connectivity index (χ4n) is 6.38. The molecule has 1 aromatic carbocycles. The van der Waals surface area contributed by atoms with Crippen molar-refractivity contribution in [1.29, 1.82) is 0 Å². The van der Waals surface area contributed by atoms with E-state index >= 15 is 0 Å². The molecule has 3 aliphatic heterocycles. The second kappa shape index (κ2) is 8.69. The molecule has 0 radical (unpaired) electrons. The molecule has 0 bridgehead atoms. The van der Waals surface area contributed by atoms with Gasteiger partial charge in [0.05, 0.1) is 24.9 Å². The molecule has 1 aliphatic carbocycles. The van der Waals surface area contributed by atoms with Gasteiger partial charge in [0.15, 0.2) is 0 Å². The zero-order valence-electron chi connectivity index (χ0n) is 20.8. The number of hydrogen-bond donors (Lipinski definition) is 2. The van der Waals surface area contributed by atoms with Gasteiger partial charge in [-0.2, -0.15) is 0 Å².